The second-order valence-electron chi connectivity index (χ2n) is 9.38. The number of fused-ring (bicyclic) bond motifs is 1. The fraction of sp³-hybridized carbons (Fsp3) is 0.200. The van der Waals surface area contributed by atoms with Gasteiger partial charge in [-0.05, 0) is 29.8 Å². The zero-order chi connectivity index (χ0) is 29.4. The Morgan fingerprint density at radius 1 is 0.902 bits per heavy atom. The summed E-state index contributed by atoms with van der Waals surface area (Å²) in [6.07, 6.45) is -0.298. The number of nitrogens with one attached hydrogen (secondary N) is 2. The second kappa shape index (κ2) is 13.2. The summed E-state index contributed by atoms with van der Waals surface area (Å²) in [7, 11) is 0. The minimum absolute atomic E-state index is 0.0272. The summed E-state index contributed by atoms with van der Waals surface area (Å²) in [5, 5.41) is 14.0. The van der Waals surface area contributed by atoms with Crippen LogP contribution in [-0.4, -0.2) is 66.2 Å². The topological polar surface area (TPSA) is 153 Å². The largest absolute Gasteiger partial charge is 0.481 e. The molecule has 3 aromatic carbocycles. The molecule has 4 rings (SSSR count). The molecule has 1 aliphatic rings. The number of hydrogen-bond donors (Lipinski definition) is 3. The summed E-state index contributed by atoms with van der Waals surface area (Å²) < 4.78 is 0. The lowest BCUT2D eigenvalue weighted by Crippen LogP contribution is -2.54. The van der Waals surface area contributed by atoms with Crippen LogP contribution in [0.5, 0.6) is 0 Å². The molecule has 0 bridgehead atoms. The predicted octanol–water partition coefficient (Wildman–Crippen LogP) is 1.57. The van der Waals surface area contributed by atoms with Crippen LogP contribution in [-0.2, 0) is 30.4 Å². The highest BCUT2D eigenvalue weighted by Crippen LogP contribution is 2.33. The van der Waals surface area contributed by atoms with E-state index in [9.17, 15) is 28.8 Å². The molecule has 0 aliphatic carbocycles. The van der Waals surface area contributed by atoms with Crippen LogP contribution in [0.25, 0.3) is 0 Å². The standard InChI is InChI=1S/C30H28N4O7/c35-19-22(16-28(38)39)31-26(36)18-34-25-14-8-7-13-24(25)33(27(37)15-20-9-3-1-4-10-20)17-23(30(34)41)32-29(40)21-11-5-2-6-12-21/h1-14,19,22-23H,15-18H2,(H,31,36)(H,32,40)(H,38,39)/t22-,23?/m0/s1. The Morgan fingerprint density at radius 3 is 2.15 bits per heavy atom. The molecule has 0 fully saturated rings. The van der Waals surface area contributed by atoms with E-state index in [1.165, 1.54) is 4.90 Å². The van der Waals surface area contributed by atoms with E-state index in [1.54, 1.807) is 66.7 Å². The number of carboxylic acid groups (broad SMARTS) is 1. The van der Waals surface area contributed by atoms with E-state index in [4.69, 9.17) is 5.11 Å². The minimum atomic E-state index is -1.30. The van der Waals surface area contributed by atoms with E-state index in [2.05, 4.69) is 10.6 Å². The van der Waals surface area contributed by atoms with Gasteiger partial charge in [0.15, 0.2) is 0 Å². The van der Waals surface area contributed by atoms with Gasteiger partial charge in [0.05, 0.1) is 36.8 Å². The molecule has 3 aromatic rings. The van der Waals surface area contributed by atoms with Crippen molar-refractivity contribution in [1.82, 2.24) is 10.6 Å². The zero-order valence-electron chi connectivity index (χ0n) is 21.9. The molecular formula is C30H28N4O7. The molecule has 11 nitrogen and oxygen atoms in total. The third-order valence-corrected chi connectivity index (χ3v) is 6.44. The summed E-state index contributed by atoms with van der Waals surface area (Å²) in [4.78, 5) is 78.4. The molecule has 1 heterocycles. The molecule has 41 heavy (non-hydrogen) atoms. The van der Waals surface area contributed by atoms with Gasteiger partial charge in [0.1, 0.15) is 18.9 Å². The summed E-state index contributed by atoms with van der Waals surface area (Å²) in [5.41, 5.74) is 1.65. The van der Waals surface area contributed by atoms with Crippen molar-refractivity contribution in [2.45, 2.75) is 24.9 Å². The van der Waals surface area contributed by atoms with Crippen molar-refractivity contribution in [3.8, 4) is 0 Å². The van der Waals surface area contributed by atoms with Gasteiger partial charge in [-0.15, -0.1) is 0 Å². The zero-order valence-corrected chi connectivity index (χ0v) is 21.9. The predicted molar refractivity (Wildman–Crippen MR) is 149 cm³/mol. The second-order valence-corrected chi connectivity index (χ2v) is 9.38. The maximum Gasteiger partial charge on any atom is 0.305 e. The lowest BCUT2D eigenvalue weighted by Gasteiger charge is -2.25. The Balaban J connectivity index is 1.69. The molecule has 4 amide bonds. The Kier molecular flexibility index (Phi) is 9.20. The Labute approximate surface area is 235 Å². The van der Waals surface area contributed by atoms with Gasteiger partial charge in [-0.3, -0.25) is 28.9 Å². The fourth-order valence-electron chi connectivity index (χ4n) is 4.51. The highest BCUT2D eigenvalue weighted by atomic mass is 16.4. The lowest BCUT2D eigenvalue weighted by atomic mass is 10.1. The molecule has 0 radical (unpaired) electrons. The van der Waals surface area contributed by atoms with Gasteiger partial charge in [0, 0.05) is 5.56 Å². The van der Waals surface area contributed by atoms with Crippen LogP contribution in [0.3, 0.4) is 0 Å². The van der Waals surface area contributed by atoms with Gasteiger partial charge in [-0.25, -0.2) is 0 Å². The maximum atomic E-state index is 13.9. The van der Waals surface area contributed by atoms with E-state index in [0.29, 0.717) is 17.5 Å². The van der Waals surface area contributed by atoms with Crippen molar-refractivity contribution in [1.29, 1.82) is 0 Å². The highest BCUT2D eigenvalue weighted by Gasteiger charge is 2.38. The average Bonchev–Trinajstić information content (AvgIpc) is 3.08. The van der Waals surface area contributed by atoms with Crippen molar-refractivity contribution >= 4 is 47.3 Å². The van der Waals surface area contributed by atoms with Gasteiger partial charge < -0.3 is 25.4 Å². The monoisotopic (exact) mass is 556 g/mol. The number of amides is 4. The van der Waals surface area contributed by atoms with Gasteiger partial charge >= 0.3 is 5.97 Å². The van der Waals surface area contributed by atoms with E-state index >= 15 is 0 Å². The fourth-order valence-corrected chi connectivity index (χ4v) is 4.51. The number of carbonyl (C=O) groups excluding carboxylic acids is 5. The van der Waals surface area contributed by atoms with Crippen LogP contribution in [0.4, 0.5) is 11.4 Å². The summed E-state index contributed by atoms with van der Waals surface area (Å²) in [6, 6.07) is 21.3. The van der Waals surface area contributed by atoms with Crippen LogP contribution >= 0.6 is 0 Å². The number of benzene rings is 3. The number of para-hydroxylation sites is 2. The molecule has 11 heteroatoms. The van der Waals surface area contributed by atoms with Gasteiger partial charge in [-0.2, -0.15) is 0 Å². The Hall–Kier alpha value is -5.32. The molecule has 1 unspecified atom stereocenters. The smallest absolute Gasteiger partial charge is 0.305 e. The Bertz CT molecular complexity index is 1450. The molecule has 210 valence electrons. The summed E-state index contributed by atoms with van der Waals surface area (Å²) >= 11 is 0. The average molecular weight is 557 g/mol. The Morgan fingerprint density at radius 2 is 1.51 bits per heavy atom. The number of aliphatic carboxylic acids is 1. The number of carbonyl (C=O) groups is 6. The molecule has 0 aromatic heterocycles. The number of hydrogen-bond acceptors (Lipinski definition) is 6. The molecule has 0 saturated carbocycles. The van der Waals surface area contributed by atoms with Crippen molar-refractivity contribution in [2.75, 3.05) is 22.9 Å². The third kappa shape index (κ3) is 7.21. The number of carboxylic acids is 1. The van der Waals surface area contributed by atoms with E-state index in [1.807, 2.05) is 18.2 Å². The van der Waals surface area contributed by atoms with Crippen molar-refractivity contribution < 1.29 is 33.9 Å². The van der Waals surface area contributed by atoms with E-state index in [0.717, 1.165) is 10.5 Å². The molecule has 1 aliphatic heterocycles. The van der Waals surface area contributed by atoms with E-state index < -0.39 is 48.7 Å². The van der Waals surface area contributed by atoms with Crippen LogP contribution in [0.1, 0.15) is 22.3 Å². The van der Waals surface area contributed by atoms with Gasteiger partial charge in [0.2, 0.25) is 11.8 Å². The van der Waals surface area contributed by atoms with Crippen molar-refractivity contribution in [3.63, 3.8) is 0 Å². The number of rotatable bonds is 10. The third-order valence-electron chi connectivity index (χ3n) is 6.44. The summed E-state index contributed by atoms with van der Waals surface area (Å²) in [5.74, 6) is -3.60. The lowest BCUT2D eigenvalue weighted by molar-refractivity contribution is -0.139. The van der Waals surface area contributed by atoms with Crippen molar-refractivity contribution in [2.24, 2.45) is 0 Å². The normalized spacial score (nSPS) is 15.2. The first-order chi connectivity index (χ1) is 19.8. The maximum absolute atomic E-state index is 13.9. The van der Waals surface area contributed by atoms with Crippen LogP contribution in [0.2, 0.25) is 0 Å². The minimum Gasteiger partial charge on any atom is -0.481 e. The first-order valence-electron chi connectivity index (χ1n) is 12.8. The summed E-state index contributed by atoms with van der Waals surface area (Å²) in [6.45, 7) is -0.785. The molecular weight excluding hydrogens is 528 g/mol. The van der Waals surface area contributed by atoms with Gasteiger partial charge in [-0.1, -0.05) is 60.7 Å². The van der Waals surface area contributed by atoms with Crippen LogP contribution < -0.4 is 20.4 Å². The first kappa shape index (κ1) is 28.7. The molecule has 0 spiro atoms. The molecule has 2 atom stereocenters. The van der Waals surface area contributed by atoms with E-state index in [-0.39, 0.29) is 24.6 Å². The molecule has 3 N–H and O–H groups in total. The number of aldehydes is 1. The quantitative estimate of drug-likeness (QED) is 0.321. The first-order valence-corrected chi connectivity index (χ1v) is 12.8. The van der Waals surface area contributed by atoms with Crippen molar-refractivity contribution in [3.05, 3.63) is 96.1 Å². The number of anilines is 2. The van der Waals surface area contributed by atoms with Crippen LogP contribution in [0.15, 0.2) is 84.9 Å². The van der Waals surface area contributed by atoms with Gasteiger partial charge in [0.25, 0.3) is 11.8 Å². The SMILES string of the molecule is O=C[C@H](CC(=O)O)NC(=O)CN1C(=O)C(NC(=O)c2ccccc2)CN(C(=O)Cc2ccccc2)c2ccccc21. The number of nitrogens with zero attached hydrogens (tertiary/aromatic N) is 2. The van der Waals surface area contributed by atoms with Crippen LogP contribution in [0, 0.1) is 0 Å². The highest BCUT2D eigenvalue weighted by molar-refractivity contribution is 6.11. The molecule has 0 saturated heterocycles.